The van der Waals surface area contributed by atoms with Crippen LogP contribution in [0.2, 0.25) is 0 Å². The zero-order valence-electron chi connectivity index (χ0n) is 17.2. The van der Waals surface area contributed by atoms with E-state index < -0.39 is 6.29 Å². The molecule has 3 heterocycles. The van der Waals surface area contributed by atoms with Gasteiger partial charge < -0.3 is 25.1 Å². The van der Waals surface area contributed by atoms with Crippen molar-refractivity contribution in [1.82, 2.24) is 19.9 Å². The van der Waals surface area contributed by atoms with E-state index in [-0.39, 0.29) is 11.2 Å². The highest BCUT2D eigenvalue weighted by Crippen LogP contribution is 2.35. The molecule has 3 N–H and O–H groups in total. The summed E-state index contributed by atoms with van der Waals surface area (Å²) in [4.78, 5) is 18.7. The van der Waals surface area contributed by atoms with Crippen molar-refractivity contribution in [3.8, 4) is 22.6 Å². The van der Waals surface area contributed by atoms with E-state index >= 15 is 0 Å². The number of nitrogens with two attached hydrogens (primary N) is 1. The molecular weight excluding hydrogens is 387 g/mol. The van der Waals surface area contributed by atoms with Crippen LogP contribution in [0.3, 0.4) is 0 Å². The van der Waals surface area contributed by atoms with Gasteiger partial charge in [-0.25, -0.2) is 19.3 Å². The van der Waals surface area contributed by atoms with Crippen LogP contribution in [-0.2, 0) is 9.47 Å². The number of nitrogens with one attached hydrogen (secondary N) is 1. The van der Waals surface area contributed by atoms with Gasteiger partial charge in [-0.1, -0.05) is 6.92 Å². The van der Waals surface area contributed by atoms with Crippen molar-refractivity contribution in [2.75, 3.05) is 38.8 Å². The average molecular weight is 412 g/mol. The normalized spacial score (nSPS) is 21.6. The first kappa shape index (κ1) is 20.4. The van der Waals surface area contributed by atoms with Gasteiger partial charge in [0.1, 0.15) is 5.82 Å². The van der Waals surface area contributed by atoms with Gasteiger partial charge in [0.15, 0.2) is 5.82 Å². The largest absolute Gasteiger partial charge is 0.347 e. The molecule has 0 bridgehead atoms. The summed E-state index contributed by atoms with van der Waals surface area (Å²) in [6.07, 6.45) is 1.04. The number of H-pyrrole nitrogens is 1. The van der Waals surface area contributed by atoms with E-state index in [0.717, 1.165) is 5.56 Å². The van der Waals surface area contributed by atoms with Gasteiger partial charge in [-0.2, -0.15) is 0 Å². The van der Waals surface area contributed by atoms with Crippen molar-refractivity contribution < 1.29 is 13.9 Å². The Labute approximate surface area is 174 Å². The molecule has 9 heteroatoms. The molecule has 0 unspecified atom stereocenters. The van der Waals surface area contributed by atoms with Gasteiger partial charge >= 0.3 is 0 Å². The molecule has 1 aromatic carbocycles. The van der Waals surface area contributed by atoms with Crippen molar-refractivity contribution in [3.63, 3.8) is 0 Å². The third kappa shape index (κ3) is 4.04. The first-order valence-electron chi connectivity index (χ1n) is 9.68. The minimum atomic E-state index is -0.646. The van der Waals surface area contributed by atoms with E-state index in [0.29, 0.717) is 48.6 Å². The van der Waals surface area contributed by atoms with Gasteiger partial charge in [0, 0.05) is 37.8 Å². The third-order valence-electron chi connectivity index (χ3n) is 5.02. The Hall–Kier alpha value is -2.88. The number of nitrogens with zero attached hydrogens (tertiary/aromatic N) is 4. The maximum Gasteiger partial charge on any atom is 0.225 e. The number of hydrogen-bond acceptors (Lipinski definition) is 7. The van der Waals surface area contributed by atoms with Crippen LogP contribution in [-0.4, -0.2) is 53.8 Å². The van der Waals surface area contributed by atoms with Crippen LogP contribution in [0.5, 0.6) is 0 Å². The van der Waals surface area contributed by atoms with E-state index in [9.17, 15) is 4.39 Å². The van der Waals surface area contributed by atoms with Crippen LogP contribution in [0.15, 0.2) is 36.5 Å². The van der Waals surface area contributed by atoms with E-state index in [1.54, 1.807) is 24.4 Å². The summed E-state index contributed by atoms with van der Waals surface area (Å²) >= 11 is 0. The molecule has 2 aromatic heterocycles. The van der Waals surface area contributed by atoms with Crippen molar-refractivity contribution in [2.24, 2.45) is 11.1 Å². The van der Waals surface area contributed by atoms with Gasteiger partial charge in [0.05, 0.1) is 30.3 Å². The predicted molar refractivity (Wildman–Crippen MR) is 111 cm³/mol. The molecule has 0 aliphatic carbocycles. The van der Waals surface area contributed by atoms with E-state index in [1.807, 2.05) is 25.9 Å². The zero-order chi connectivity index (χ0) is 21.3. The smallest absolute Gasteiger partial charge is 0.225 e. The molecule has 8 nitrogen and oxygen atoms in total. The number of halogens is 1. The van der Waals surface area contributed by atoms with Crippen LogP contribution >= 0.6 is 0 Å². The number of ether oxygens (including phenoxy) is 2. The lowest BCUT2D eigenvalue weighted by Gasteiger charge is -2.35. The first-order chi connectivity index (χ1) is 14.4. The van der Waals surface area contributed by atoms with Gasteiger partial charge in [0.25, 0.3) is 0 Å². The van der Waals surface area contributed by atoms with E-state index in [4.69, 9.17) is 20.2 Å². The summed E-state index contributed by atoms with van der Waals surface area (Å²) in [5.41, 5.74) is 8.32. The lowest BCUT2D eigenvalue weighted by atomic mass is 9.93. The number of aromatic nitrogens is 4. The van der Waals surface area contributed by atoms with Gasteiger partial charge in [-0.3, -0.25) is 0 Å². The highest BCUT2D eigenvalue weighted by Gasteiger charge is 2.34. The van der Waals surface area contributed by atoms with Crippen LogP contribution in [0.25, 0.3) is 22.6 Å². The Balaban J connectivity index is 1.75. The van der Waals surface area contributed by atoms with Crippen LogP contribution in [0, 0.1) is 11.2 Å². The zero-order valence-corrected chi connectivity index (χ0v) is 17.2. The molecule has 30 heavy (non-hydrogen) atoms. The third-order valence-corrected chi connectivity index (χ3v) is 5.02. The number of anilines is 1. The molecule has 1 saturated heterocycles. The maximum absolute atomic E-state index is 13.5. The standard InChI is InChI=1S/C21H25FN6O2/c1-21(10-23)11-29-19(30-12-21)18-26-16(13-4-6-14(22)7-5-13)17(27-18)15-8-9-24-20(25-15)28(2)3/h4-9,19H,10-12,23H2,1-3H3,(H,26,27). The van der Waals surface area contributed by atoms with Crippen molar-refractivity contribution in [1.29, 1.82) is 0 Å². The first-order valence-corrected chi connectivity index (χ1v) is 9.68. The molecule has 4 rings (SSSR count). The second kappa shape index (κ2) is 8.10. The SMILES string of the molecule is CN(C)c1nccc(-c2[nH]c(C3OCC(C)(CN)CO3)nc2-c2ccc(F)cc2)n1. The molecule has 1 aliphatic rings. The quantitative estimate of drug-likeness (QED) is 0.664. The molecule has 0 amide bonds. The highest BCUT2D eigenvalue weighted by atomic mass is 19.1. The fourth-order valence-corrected chi connectivity index (χ4v) is 3.13. The molecule has 1 aliphatic heterocycles. The maximum atomic E-state index is 13.5. The molecule has 3 aromatic rings. The topological polar surface area (TPSA) is 102 Å². The van der Waals surface area contributed by atoms with E-state index in [2.05, 4.69) is 15.0 Å². The Bertz CT molecular complexity index is 1010. The fourth-order valence-electron chi connectivity index (χ4n) is 3.13. The Morgan fingerprint density at radius 1 is 1.17 bits per heavy atom. The monoisotopic (exact) mass is 412 g/mol. The number of aromatic amines is 1. The molecule has 0 radical (unpaired) electrons. The number of benzene rings is 1. The second-order valence-corrected chi connectivity index (χ2v) is 7.96. The molecule has 1 fully saturated rings. The minimum absolute atomic E-state index is 0.223. The highest BCUT2D eigenvalue weighted by molar-refractivity contribution is 5.77. The fraction of sp³-hybridized carbons (Fsp3) is 0.381. The molecule has 158 valence electrons. The summed E-state index contributed by atoms with van der Waals surface area (Å²) in [7, 11) is 3.74. The van der Waals surface area contributed by atoms with Gasteiger partial charge in [-0.15, -0.1) is 0 Å². The number of rotatable bonds is 5. The van der Waals surface area contributed by atoms with E-state index in [1.165, 1.54) is 12.1 Å². The van der Waals surface area contributed by atoms with Crippen LogP contribution in [0.1, 0.15) is 19.0 Å². The number of hydrogen-bond donors (Lipinski definition) is 2. The molecule has 0 saturated carbocycles. The summed E-state index contributed by atoms with van der Waals surface area (Å²) in [6, 6.07) is 7.96. The summed E-state index contributed by atoms with van der Waals surface area (Å²) in [6.45, 7) is 3.42. The minimum Gasteiger partial charge on any atom is -0.347 e. The second-order valence-electron chi connectivity index (χ2n) is 7.96. The predicted octanol–water partition coefficient (Wildman–Crippen LogP) is 2.75. The molecular formula is C21H25FN6O2. The lowest BCUT2D eigenvalue weighted by Crippen LogP contribution is -2.42. The summed E-state index contributed by atoms with van der Waals surface area (Å²) < 4.78 is 25.3. The average Bonchev–Trinajstić information content (AvgIpc) is 3.20. The Kier molecular flexibility index (Phi) is 5.50. The Morgan fingerprint density at radius 2 is 1.87 bits per heavy atom. The van der Waals surface area contributed by atoms with Crippen LogP contribution in [0.4, 0.5) is 10.3 Å². The van der Waals surface area contributed by atoms with Crippen molar-refractivity contribution in [2.45, 2.75) is 13.2 Å². The summed E-state index contributed by atoms with van der Waals surface area (Å²) in [5, 5.41) is 0. The Morgan fingerprint density at radius 3 is 2.50 bits per heavy atom. The van der Waals surface area contributed by atoms with Gasteiger partial charge in [0.2, 0.25) is 12.2 Å². The van der Waals surface area contributed by atoms with Crippen LogP contribution < -0.4 is 10.6 Å². The molecule has 0 atom stereocenters. The van der Waals surface area contributed by atoms with Crippen molar-refractivity contribution >= 4 is 5.95 Å². The molecule has 0 spiro atoms. The van der Waals surface area contributed by atoms with Crippen molar-refractivity contribution in [3.05, 3.63) is 48.2 Å². The number of imidazole rings is 1. The lowest BCUT2D eigenvalue weighted by molar-refractivity contribution is -0.231. The summed E-state index contributed by atoms with van der Waals surface area (Å²) in [5.74, 6) is 0.777. The van der Waals surface area contributed by atoms with Gasteiger partial charge in [-0.05, 0) is 30.3 Å².